The summed E-state index contributed by atoms with van der Waals surface area (Å²) in [6, 6.07) is 0.893. The van der Waals surface area contributed by atoms with E-state index in [1.165, 1.54) is 23.9 Å². The van der Waals surface area contributed by atoms with E-state index in [1.807, 2.05) is 0 Å². The highest BCUT2D eigenvalue weighted by Crippen LogP contribution is 2.25. The van der Waals surface area contributed by atoms with Gasteiger partial charge in [-0.1, -0.05) is 5.16 Å². The lowest BCUT2D eigenvalue weighted by molar-refractivity contribution is -0.408. The van der Waals surface area contributed by atoms with E-state index in [9.17, 15) is 14.4 Å². The van der Waals surface area contributed by atoms with Crippen LogP contribution in [0.2, 0.25) is 0 Å². The number of hydrogen-bond donors (Lipinski definition) is 1. The van der Waals surface area contributed by atoms with E-state index in [4.69, 9.17) is 9.26 Å². The van der Waals surface area contributed by atoms with Crippen molar-refractivity contribution in [1.82, 2.24) is 10.1 Å². The number of anilines is 1. The maximum absolute atomic E-state index is 12.8. The number of amides is 4. The van der Waals surface area contributed by atoms with Crippen LogP contribution in [0, 0.1) is 12.8 Å². The second-order valence-corrected chi connectivity index (χ2v) is 5.71. The summed E-state index contributed by atoms with van der Waals surface area (Å²) in [5, 5.41) is 6.13. The van der Waals surface area contributed by atoms with E-state index in [0.717, 1.165) is 4.90 Å². The second kappa shape index (κ2) is 6.90. The minimum atomic E-state index is -0.857. The Morgan fingerprint density at radius 2 is 2.23 bits per heavy atom. The van der Waals surface area contributed by atoms with Crippen LogP contribution >= 0.6 is 0 Å². The Morgan fingerprint density at radius 1 is 1.46 bits per heavy atom. The summed E-state index contributed by atoms with van der Waals surface area (Å²) in [7, 11) is 1.50. The molecular formula is C16H18N5O5+. The van der Waals surface area contributed by atoms with Gasteiger partial charge in [0.2, 0.25) is 0 Å². The predicted octanol–water partition coefficient (Wildman–Crippen LogP) is 0.546. The molecule has 1 aromatic heterocycles. The first-order valence-corrected chi connectivity index (χ1v) is 7.98. The maximum atomic E-state index is 12.8. The highest BCUT2D eigenvalue weighted by atomic mass is 16.5. The Kier molecular flexibility index (Phi) is 4.65. The Labute approximate surface area is 148 Å². The third-order valence-corrected chi connectivity index (χ3v) is 3.87. The summed E-state index contributed by atoms with van der Waals surface area (Å²) in [6.45, 7) is 3.37. The molecule has 2 aliphatic rings. The number of urea groups is 1. The van der Waals surface area contributed by atoms with Crippen molar-refractivity contribution in [2.75, 3.05) is 25.5 Å². The third kappa shape index (κ3) is 3.13. The van der Waals surface area contributed by atoms with Crippen LogP contribution in [0.1, 0.15) is 12.7 Å². The zero-order valence-corrected chi connectivity index (χ0v) is 14.6. The number of ether oxygens (including phenoxy) is 1. The van der Waals surface area contributed by atoms with Gasteiger partial charge in [0.1, 0.15) is 17.7 Å². The van der Waals surface area contributed by atoms with Gasteiger partial charge in [-0.05, 0) is 13.8 Å². The average Bonchev–Trinajstić information content (AvgIpc) is 3.01. The van der Waals surface area contributed by atoms with Crippen LogP contribution in [0.4, 0.5) is 10.6 Å². The van der Waals surface area contributed by atoms with Gasteiger partial charge < -0.3 is 14.6 Å². The van der Waals surface area contributed by atoms with Crippen molar-refractivity contribution in [1.29, 1.82) is 0 Å². The van der Waals surface area contributed by atoms with Crippen LogP contribution in [0.25, 0.3) is 0 Å². The quantitative estimate of drug-likeness (QED) is 0.766. The monoisotopic (exact) mass is 360 g/mol. The summed E-state index contributed by atoms with van der Waals surface area (Å²) in [5.74, 6) is -0.596. The molecule has 1 unspecified atom stereocenters. The first kappa shape index (κ1) is 17.5. The lowest BCUT2D eigenvalue weighted by Gasteiger charge is -2.27. The third-order valence-electron chi connectivity index (χ3n) is 3.87. The van der Waals surface area contributed by atoms with E-state index >= 15 is 0 Å². The van der Waals surface area contributed by atoms with Gasteiger partial charge in [0.25, 0.3) is 11.7 Å². The average molecular weight is 360 g/mol. The van der Waals surface area contributed by atoms with Gasteiger partial charge in [-0.15, -0.1) is 4.99 Å². The number of allylic oxidation sites excluding steroid dienone is 1. The fourth-order valence-electron chi connectivity index (χ4n) is 2.72. The number of carbonyl (C=O) groups is 3. The number of aromatic nitrogens is 1. The number of nitrogens with zero attached hydrogens (tertiary/aromatic N) is 4. The van der Waals surface area contributed by atoms with Crippen molar-refractivity contribution in [2.45, 2.75) is 13.8 Å². The summed E-state index contributed by atoms with van der Waals surface area (Å²) in [6.07, 6.45) is 3.05. The molecule has 0 saturated carbocycles. The van der Waals surface area contributed by atoms with Gasteiger partial charge in [-0.3, -0.25) is 9.59 Å². The normalized spacial score (nSPS) is 19.4. The van der Waals surface area contributed by atoms with Crippen molar-refractivity contribution in [2.24, 2.45) is 10.9 Å². The molecule has 0 bridgehead atoms. The summed E-state index contributed by atoms with van der Waals surface area (Å²) < 4.78 is 11.6. The van der Waals surface area contributed by atoms with Gasteiger partial charge in [-0.25, -0.2) is 4.79 Å². The van der Waals surface area contributed by atoms with E-state index in [2.05, 4.69) is 15.5 Å². The summed E-state index contributed by atoms with van der Waals surface area (Å²) in [5.41, 5.74) is 0. The van der Waals surface area contributed by atoms with Gasteiger partial charge in [0, 0.05) is 12.1 Å². The number of aliphatic imine (C=N–C) groups is 1. The number of fused-ring (bicyclic) bond motifs is 1. The molecule has 10 heteroatoms. The zero-order valence-electron chi connectivity index (χ0n) is 14.6. The standard InChI is InChI=1S/C16H17N5O5/c1-4-25-10-5-6-17-14-13(10)15(23)21(16(24)20(14)3)8-12(22)18-11-7-9(2)26-19-11/h5-7,13H,4,8H2,1-3H3/p+1. The number of aryl methyl sites for hydroxylation is 1. The fourth-order valence-corrected chi connectivity index (χ4v) is 2.72. The largest absolute Gasteiger partial charge is 0.497 e. The molecule has 1 N–H and O–H groups in total. The Hall–Kier alpha value is -3.30. The van der Waals surface area contributed by atoms with Crippen LogP contribution in [-0.4, -0.2) is 64.7 Å². The number of carbonyl (C=O) groups excluding carboxylic acids is 3. The van der Waals surface area contributed by atoms with Crippen LogP contribution in [0.5, 0.6) is 0 Å². The molecule has 0 aliphatic carbocycles. The van der Waals surface area contributed by atoms with E-state index in [0.29, 0.717) is 18.1 Å². The highest BCUT2D eigenvalue weighted by molar-refractivity contribution is 6.16. The molecule has 1 aromatic rings. The molecule has 3 heterocycles. The smallest absolute Gasteiger partial charge is 0.446 e. The van der Waals surface area contributed by atoms with E-state index in [-0.39, 0.29) is 11.7 Å². The molecule has 0 spiro atoms. The fraction of sp³-hybridized carbons (Fsp3) is 0.375. The lowest BCUT2D eigenvalue weighted by atomic mass is 9.99. The first-order chi connectivity index (χ1) is 12.4. The number of amidine groups is 1. The van der Waals surface area contributed by atoms with Crippen LogP contribution in [-0.2, 0) is 14.3 Å². The number of imide groups is 1. The molecule has 0 radical (unpaired) electrons. The van der Waals surface area contributed by atoms with Crippen LogP contribution < -0.4 is 5.32 Å². The maximum Gasteiger partial charge on any atom is 0.446 e. The van der Waals surface area contributed by atoms with Crippen molar-refractivity contribution < 1.29 is 28.2 Å². The van der Waals surface area contributed by atoms with Gasteiger partial charge in [-0.2, -0.15) is 9.48 Å². The van der Waals surface area contributed by atoms with Crippen molar-refractivity contribution in [3.05, 3.63) is 23.7 Å². The molecule has 2 aliphatic heterocycles. The second-order valence-electron chi connectivity index (χ2n) is 5.71. The van der Waals surface area contributed by atoms with Crippen molar-refractivity contribution in [3.63, 3.8) is 0 Å². The molecular weight excluding hydrogens is 342 g/mol. The molecule has 136 valence electrons. The number of nitrogens with one attached hydrogen (secondary N) is 1. The molecule has 1 atom stereocenters. The molecule has 3 rings (SSSR count). The van der Waals surface area contributed by atoms with E-state index in [1.54, 1.807) is 19.9 Å². The number of dihydropyridines is 1. The molecule has 0 fully saturated rings. The minimum absolute atomic E-state index is 0.210. The van der Waals surface area contributed by atoms with Crippen LogP contribution in [0.15, 0.2) is 27.4 Å². The Bertz CT molecular complexity index is 866. The molecule has 10 nitrogen and oxygen atoms in total. The summed E-state index contributed by atoms with van der Waals surface area (Å²) >= 11 is 0. The number of hydrogen-bond acceptors (Lipinski definition) is 7. The number of rotatable bonds is 5. The molecule has 0 saturated heterocycles. The molecule has 0 aromatic carbocycles. The summed E-state index contributed by atoms with van der Waals surface area (Å²) in [4.78, 5) is 42.6. The van der Waals surface area contributed by atoms with Gasteiger partial charge in [0.05, 0.1) is 13.7 Å². The topological polar surface area (TPSA) is 117 Å². The van der Waals surface area contributed by atoms with Crippen LogP contribution in [0.3, 0.4) is 0 Å². The van der Waals surface area contributed by atoms with Gasteiger partial charge >= 0.3 is 11.9 Å². The minimum Gasteiger partial charge on any atom is -0.497 e. The Balaban J connectivity index is 1.82. The predicted molar refractivity (Wildman–Crippen MR) is 89.9 cm³/mol. The Morgan fingerprint density at radius 3 is 2.88 bits per heavy atom. The van der Waals surface area contributed by atoms with Crippen molar-refractivity contribution in [3.8, 4) is 0 Å². The van der Waals surface area contributed by atoms with Crippen molar-refractivity contribution >= 4 is 35.7 Å². The lowest BCUT2D eigenvalue weighted by Crippen LogP contribution is -2.56. The zero-order chi connectivity index (χ0) is 18.8. The molecule has 4 amide bonds. The highest BCUT2D eigenvalue weighted by Gasteiger charge is 2.50. The molecule has 26 heavy (non-hydrogen) atoms. The van der Waals surface area contributed by atoms with Gasteiger partial charge in [0.15, 0.2) is 18.3 Å². The SMILES string of the molecule is CCOC1=CC=NC2=[N+](C)C(=O)N(CC(=O)Nc3cc(C)on3)C(=O)C12. The first-order valence-electron chi connectivity index (χ1n) is 7.98. The van der Waals surface area contributed by atoms with E-state index < -0.39 is 30.3 Å².